The van der Waals surface area contributed by atoms with Crippen molar-refractivity contribution in [1.29, 1.82) is 0 Å². The first-order valence-electron chi connectivity index (χ1n) is 8.52. The molecule has 0 spiro atoms. The van der Waals surface area contributed by atoms with Crippen molar-refractivity contribution >= 4 is 11.9 Å². The first-order valence-corrected chi connectivity index (χ1v) is 8.52. The number of nitrogens with one attached hydrogen (secondary N) is 2. The van der Waals surface area contributed by atoms with Crippen molar-refractivity contribution < 1.29 is 19.1 Å². The highest BCUT2D eigenvalue weighted by Gasteiger charge is 2.22. The summed E-state index contributed by atoms with van der Waals surface area (Å²) in [6, 6.07) is 7.13. The molecule has 0 radical (unpaired) electrons. The van der Waals surface area contributed by atoms with E-state index in [0.29, 0.717) is 18.0 Å². The molecule has 0 atom stereocenters. The number of hydrogen-bond acceptors (Lipinski definition) is 4. The van der Waals surface area contributed by atoms with Gasteiger partial charge in [0.2, 0.25) is 5.91 Å². The third-order valence-corrected chi connectivity index (χ3v) is 3.94. The maximum absolute atomic E-state index is 11.9. The van der Waals surface area contributed by atoms with Crippen molar-refractivity contribution in [2.45, 2.75) is 32.3 Å². The Balaban J connectivity index is 1.74. The number of carbonyl (C=O) groups is 2. The monoisotopic (exact) mass is 349 g/mol. The Morgan fingerprint density at radius 2 is 1.84 bits per heavy atom. The fourth-order valence-electron chi connectivity index (χ4n) is 2.58. The Morgan fingerprint density at radius 3 is 2.52 bits per heavy atom. The molecule has 0 bridgehead atoms. The van der Waals surface area contributed by atoms with Crippen LogP contribution in [-0.2, 0) is 4.79 Å². The molecule has 3 amide bonds. The molecule has 0 aromatic heterocycles. The van der Waals surface area contributed by atoms with Gasteiger partial charge in [-0.1, -0.05) is 6.07 Å². The van der Waals surface area contributed by atoms with E-state index in [4.69, 9.17) is 9.47 Å². The molecule has 1 fully saturated rings. The number of ether oxygens (including phenoxy) is 2. The van der Waals surface area contributed by atoms with Gasteiger partial charge in [-0.05, 0) is 38.8 Å². The van der Waals surface area contributed by atoms with Crippen molar-refractivity contribution in [2.24, 2.45) is 0 Å². The second-order valence-electron chi connectivity index (χ2n) is 6.67. The minimum atomic E-state index is -0.596. The molecule has 138 valence electrons. The lowest BCUT2D eigenvalue weighted by atomic mass is 10.1. The smallest absolute Gasteiger partial charge is 0.317 e. The minimum Gasteiger partial charge on any atom is -0.497 e. The van der Waals surface area contributed by atoms with Crippen LogP contribution in [-0.4, -0.2) is 55.7 Å². The lowest BCUT2D eigenvalue weighted by Gasteiger charge is -2.27. The van der Waals surface area contributed by atoms with Crippen molar-refractivity contribution in [3.63, 3.8) is 0 Å². The van der Waals surface area contributed by atoms with Crippen LogP contribution in [0.25, 0.3) is 0 Å². The number of likely N-dealkylation sites (tertiary alicyclic amines) is 1. The molecular weight excluding hydrogens is 322 g/mol. The van der Waals surface area contributed by atoms with Crippen LogP contribution in [0.1, 0.15) is 26.7 Å². The van der Waals surface area contributed by atoms with Gasteiger partial charge in [-0.15, -0.1) is 0 Å². The molecule has 1 aliphatic heterocycles. The Morgan fingerprint density at radius 1 is 1.16 bits per heavy atom. The molecule has 0 aliphatic carbocycles. The highest BCUT2D eigenvalue weighted by atomic mass is 16.5. The molecule has 1 heterocycles. The van der Waals surface area contributed by atoms with Crippen LogP contribution in [0.4, 0.5) is 4.79 Å². The van der Waals surface area contributed by atoms with Gasteiger partial charge in [-0.2, -0.15) is 0 Å². The average Bonchev–Trinajstić information content (AvgIpc) is 3.12. The number of nitrogens with zero attached hydrogens (tertiary/aromatic N) is 1. The Bertz CT molecular complexity index is 598. The predicted octanol–water partition coefficient (Wildman–Crippen LogP) is 1.77. The van der Waals surface area contributed by atoms with Gasteiger partial charge in [0.25, 0.3) is 0 Å². The third-order valence-electron chi connectivity index (χ3n) is 3.94. The molecule has 7 nitrogen and oxygen atoms in total. The third kappa shape index (κ3) is 6.17. The summed E-state index contributed by atoms with van der Waals surface area (Å²) >= 11 is 0. The zero-order valence-electron chi connectivity index (χ0n) is 15.1. The van der Waals surface area contributed by atoms with Gasteiger partial charge < -0.3 is 25.0 Å². The Kier molecular flexibility index (Phi) is 6.50. The fourth-order valence-corrected chi connectivity index (χ4v) is 2.58. The van der Waals surface area contributed by atoms with Gasteiger partial charge >= 0.3 is 6.03 Å². The second kappa shape index (κ2) is 8.60. The summed E-state index contributed by atoms with van der Waals surface area (Å²) in [5.74, 6) is 1.14. The summed E-state index contributed by atoms with van der Waals surface area (Å²) in [6.45, 7) is 5.57. The van der Waals surface area contributed by atoms with Gasteiger partial charge in [-0.3, -0.25) is 4.79 Å². The topological polar surface area (TPSA) is 79.9 Å². The lowest BCUT2D eigenvalue weighted by Crippen LogP contribution is -2.47. The lowest BCUT2D eigenvalue weighted by molar-refractivity contribution is -0.120. The summed E-state index contributed by atoms with van der Waals surface area (Å²) in [5.41, 5.74) is -0.596. The number of rotatable bonds is 7. The summed E-state index contributed by atoms with van der Waals surface area (Å²) < 4.78 is 11.1. The quantitative estimate of drug-likeness (QED) is 0.786. The number of amides is 3. The maximum Gasteiger partial charge on any atom is 0.317 e. The van der Waals surface area contributed by atoms with Crippen molar-refractivity contribution in [3.05, 3.63) is 24.3 Å². The standard InChI is InChI=1S/C18H27N3O4/c1-18(2,25-15-8-6-7-14(11-15)24-3)13-20-16(22)12-19-17(23)21-9-4-5-10-21/h6-8,11H,4-5,9-10,12-13H2,1-3H3,(H,19,23)(H,20,22). The van der Waals surface area contributed by atoms with Crippen LogP contribution in [0.5, 0.6) is 11.5 Å². The Hall–Kier alpha value is -2.44. The highest BCUT2D eigenvalue weighted by molar-refractivity contribution is 5.84. The van der Waals surface area contributed by atoms with E-state index >= 15 is 0 Å². The highest BCUT2D eigenvalue weighted by Crippen LogP contribution is 2.22. The zero-order chi connectivity index (χ0) is 18.3. The van der Waals surface area contributed by atoms with Crippen molar-refractivity contribution in [2.75, 3.05) is 33.3 Å². The van der Waals surface area contributed by atoms with E-state index < -0.39 is 5.60 Å². The maximum atomic E-state index is 11.9. The van der Waals surface area contributed by atoms with E-state index in [0.717, 1.165) is 25.9 Å². The van der Waals surface area contributed by atoms with Gasteiger partial charge in [-0.25, -0.2) is 4.79 Å². The summed E-state index contributed by atoms with van der Waals surface area (Å²) in [4.78, 5) is 25.5. The number of carbonyl (C=O) groups excluding carboxylic acids is 2. The van der Waals surface area contributed by atoms with Crippen LogP contribution in [0, 0.1) is 0 Å². The van der Waals surface area contributed by atoms with E-state index in [1.165, 1.54) is 0 Å². The zero-order valence-corrected chi connectivity index (χ0v) is 15.1. The van der Waals surface area contributed by atoms with Gasteiger partial charge in [0.1, 0.15) is 17.1 Å². The van der Waals surface area contributed by atoms with Crippen LogP contribution in [0.3, 0.4) is 0 Å². The van der Waals surface area contributed by atoms with E-state index in [9.17, 15) is 9.59 Å². The van der Waals surface area contributed by atoms with Crippen LogP contribution in [0.2, 0.25) is 0 Å². The summed E-state index contributed by atoms with van der Waals surface area (Å²) in [5, 5.41) is 5.43. The first kappa shape index (κ1) is 18.9. The van der Waals surface area contributed by atoms with E-state index in [2.05, 4.69) is 10.6 Å². The van der Waals surface area contributed by atoms with Gasteiger partial charge in [0, 0.05) is 19.2 Å². The molecule has 2 N–H and O–H groups in total. The molecule has 0 unspecified atom stereocenters. The average molecular weight is 349 g/mol. The van der Waals surface area contributed by atoms with Crippen LogP contribution >= 0.6 is 0 Å². The van der Waals surface area contributed by atoms with Crippen LogP contribution in [0.15, 0.2) is 24.3 Å². The predicted molar refractivity (Wildman–Crippen MR) is 94.9 cm³/mol. The summed E-state index contributed by atoms with van der Waals surface area (Å²) in [7, 11) is 1.60. The Labute approximate surface area is 148 Å². The number of benzene rings is 1. The van der Waals surface area contributed by atoms with E-state index in [1.54, 1.807) is 18.1 Å². The molecule has 2 rings (SSSR count). The molecule has 25 heavy (non-hydrogen) atoms. The number of urea groups is 1. The molecule has 1 saturated heterocycles. The molecule has 0 saturated carbocycles. The molecule has 1 aliphatic rings. The number of hydrogen-bond donors (Lipinski definition) is 2. The molecule has 1 aromatic carbocycles. The second-order valence-corrected chi connectivity index (χ2v) is 6.67. The normalized spacial score (nSPS) is 14.1. The van der Waals surface area contributed by atoms with E-state index in [1.807, 2.05) is 32.0 Å². The van der Waals surface area contributed by atoms with Gasteiger partial charge in [0.05, 0.1) is 20.2 Å². The molecule has 7 heteroatoms. The first-order chi connectivity index (χ1) is 11.9. The van der Waals surface area contributed by atoms with E-state index in [-0.39, 0.29) is 18.5 Å². The van der Waals surface area contributed by atoms with Crippen molar-refractivity contribution in [1.82, 2.24) is 15.5 Å². The summed E-state index contributed by atoms with van der Waals surface area (Å²) in [6.07, 6.45) is 2.05. The largest absolute Gasteiger partial charge is 0.497 e. The SMILES string of the molecule is COc1cccc(OC(C)(C)CNC(=O)CNC(=O)N2CCCC2)c1. The van der Waals surface area contributed by atoms with Crippen molar-refractivity contribution in [3.8, 4) is 11.5 Å². The van der Waals surface area contributed by atoms with Crippen LogP contribution < -0.4 is 20.1 Å². The molecular formula is C18H27N3O4. The number of methoxy groups -OCH3 is 1. The minimum absolute atomic E-state index is 0.0371. The van der Waals surface area contributed by atoms with Gasteiger partial charge in [0.15, 0.2) is 0 Å². The molecule has 1 aromatic rings. The fraction of sp³-hybridized carbons (Fsp3) is 0.556.